The average Bonchev–Trinajstić information content (AvgIpc) is 3.20. The molecular formula is C34H36I2NO5P. The van der Waals surface area contributed by atoms with E-state index in [-0.39, 0.29) is 6.35 Å². The Kier molecular flexibility index (Phi) is 18.0. The van der Waals surface area contributed by atoms with E-state index in [1.54, 1.807) is 6.92 Å². The predicted molar refractivity (Wildman–Crippen MR) is 195 cm³/mol. The van der Waals surface area contributed by atoms with Crippen molar-refractivity contribution in [3.05, 3.63) is 136 Å². The van der Waals surface area contributed by atoms with E-state index in [1.165, 1.54) is 44.5 Å². The molecule has 0 atom stereocenters. The highest BCUT2D eigenvalue weighted by Crippen LogP contribution is 2.35. The molecule has 5 rings (SSSR count). The maximum atomic E-state index is 9.67. The lowest BCUT2D eigenvalue weighted by Crippen LogP contribution is -2.02. The van der Waals surface area contributed by atoms with E-state index in [0.29, 0.717) is 12.4 Å². The maximum Gasteiger partial charge on any atom is 0.342 e. The molecule has 0 fully saturated rings. The van der Waals surface area contributed by atoms with Crippen LogP contribution < -0.4 is 10.8 Å². The fourth-order valence-corrected chi connectivity index (χ4v) is 4.42. The van der Waals surface area contributed by atoms with Crippen molar-refractivity contribution in [2.24, 2.45) is 5.90 Å². The Hall–Kier alpha value is -2.60. The maximum absolute atomic E-state index is 9.67. The molecule has 0 radical (unpaired) electrons. The Bertz CT molecular complexity index is 1460. The fraction of sp³-hybridized carbons (Fsp3) is 0.176. The van der Waals surface area contributed by atoms with Crippen molar-refractivity contribution in [2.45, 2.75) is 27.2 Å². The van der Waals surface area contributed by atoms with Gasteiger partial charge in [-0.1, -0.05) is 115 Å². The van der Waals surface area contributed by atoms with Gasteiger partial charge < -0.3 is 9.62 Å². The first kappa shape index (κ1) is 36.6. The van der Waals surface area contributed by atoms with Crippen LogP contribution in [0.25, 0.3) is 23.8 Å². The fourth-order valence-electron chi connectivity index (χ4n) is 4.09. The minimum Gasteiger partial charge on any atom is -0.367 e. The SMILES string of the molecule is CCOCP(=O)=O.CCc1ccc(OON)cc1.Cc1ccc(C=C2c3ccccc3C=Cc3ccccc32)cc1.II. The predicted octanol–water partition coefficient (Wildman–Crippen LogP) is 10.4. The Morgan fingerprint density at radius 3 is 1.74 bits per heavy atom. The third kappa shape index (κ3) is 12.9. The van der Waals surface area contributed by atoms with Crippen LogP contribution in [0.1, 0.15) is 52.8 Å². The summed E-state index contributed by atoms with van der Waals surface area (Å²) in [5.74, 6) is 5.32. The molecule has 0 saturated carbocycles. The molecule has 43 heavy (non-hydrogen) atoms. The topological polar surface area (TPSA) is 87.9 Å². The van der Waals surface area contributed by atoms with E-state index in [1.807, 2.05) is 24.3 Å². The van der Waals surface area contributed by atoms with Crippen molar-refractivity contribution in [2.75, 3.05) is 13.0 Å². The number of fused-ring (bicyclic) bond motifs is 2. The Balaban J connectivity index is 0.000000269. The molecule has 0 aliphatic heterocycles. The highest BCUT2D eigenvalue weighted by atomic mass is 128. The molecule has 0 aromatic heterocycles. The molecule has 0 heterocycles. The van der Waals surface area contributed by atoms with Gasteiger partial charge in [0.25, 0.3) is 0 Å². The van der Waals surface area contributed by atoms with Crippen LogP contribution in [0.2, 0.25) is 0 Å². The van der Waals surface area contributed by atoms with Crippen molar-refractivity contribution in [3.63, 3.8) is 0 Å². The number of ether oxygens (including phenoxy) is 1. The second-order valence-electron chi connectivity index (χ2n) is 9.11. The van der Waals surface area contributed by atoms with Gasteiger partial charge in [-0.2, -0.15) is 5.90 Å². The zero-order chi connectivity index (χ0) is 31.5. The van der Waals surface area contributed by atoms with Gasteiger partial charge in [0.05, 0.1) is 0 Å². The summed E-state index contributed by atoms with van der Waals surface area (Å²) in [6.45, 7) is 6.43. The molecule has 4 aromatic rings. The summed E-state index contributed by atoms with van der Waals surface area (Å²) in [6.07, 6.45) is 7.59. The number of hydrogen-bond donors (Lipinski definition) is 1. The summed E-state index contributed by atoms with van der Waals surface area (Å²) < 4.78 is 23.8. The normalized spacial score (nSPS) is 10.6. The first-order chi connectivity index (χ1) is 20.9. The van der Waals surface area contributed by atoms with Gasteiger partial charge in [0.2, 0.25) is 0 Å². The Morgan fingerprint density at radius 2 is 1.30 bits per heavy atom. The molecule has 9 heteroatoms. The summed E-state index contributed by atoms with van der Waals surface area (Å²) in [4.78, 5) is 8.58. The van der Waals surface area contributed by atoms with Crippen LogP contribution in [0.4, 0.5) is 0 Å². The zero-order valence-electron chi connectivity index (χ0n) is 24.4. The third-order valence-electron chi connectivity index (χ3n) is 6.21. The Morgan fingerprint density at radius 1 is 0.767 bits per heavy atom. The number of hydrogen-bond acceptors (Lipinski definition) is 6. The molecule has 0 amide bonds. The highest BCUT2D eigenvalue weighted by molar-refractivity contribution is 15.0. The standard InChI is InChI=1S/C23H18.C8H11NO2.C3H7O3P.I2/c1-17-10-12-18(13-11-17)16-23-21-8-4-2-6-19(21)14-15-20-7-3-5-9-22(20)23;1-2-7-3-5-8(6-4-7)10-11-9;1-2-6-3-7(4)5;1-2/h2-16H,1H3;3-6H,2,9H2,1H3;2-3H2,1H3;. The molecule has 0 bridgehead atoms. The van der Waals surface area contributed by atoms with Crippen molar-refractivity contribution in [1.29, 1.82) is 0 Å². The van der Waals surface area contributed by atoms with Crippen molar-refractivity contribution < 1.29 is 23.7 Å². The second-order valence-corrected chi connectivity index (χ2v) is 10.0. The Labute approximate surface area is 278 Å². The van der Waals surface area contributed by atoms with Crippen molar-refractivity contribution in [3.8, 4) is 5.75 Å². The van der Waals surface area contributed by atoms with E-state index in [0.717, 1.165) is 6.42 Å². The first-order valence-corrected chi connectivity index (χ1v) is 21.2. The van der Waals surface area contributed by atoms with E-state index in [9.17, 15) is 9.13 Å². The van der Waals surface area contributed by atoms with E-state index < -0.39 is 7.68 Å². The van der Waals surface area contributed by atoms with Gasteiger partial charge in [-0.3, -0.25) is 0 Å². The minimum absolute atomic E-state index is 0.147. The van der Waals surface area contributed by atoms with Crippen LogP contribution >= 0.6 is 44.9 Å². The second kappa shape index (κ2) is 21.2. The molecule has 4 aromatic carbocycles. The van der Waals surface area contributed by atoms with Crippen LogP contribution in [0, 0.1) is 6.92 Å². The molecule has 0 saturated heterocycles. The largest absolute Gasteiger partial charge is 0.367 e. The average molecular weight is 823 g/mol. The van der Waals surface area contributed by atoms with Gasteiger partial charge in [-0.05, 0) is 77.4 Å². The van der Waals surface area contributed by atoms with Crippen LogP contribution in [0.5, 0.6) is 5.75 Å². The molecule has 1 aliphatic rings. The molecular weight excluding hydrogens is 787 g/mol. The lowest BCUT2D eigenvalue weighted by atomic mass is 9.92. The van der Waals surface area contributed by atoms with Crippen molar-refractivity contribution >= 4 is 68.7 Å². The lowest BCUT2D eigenvalue weighted by Gasteiger charge is -2.12. The first-order valence-electron chi connectivity index (χ1n) is 13.6. The number of rotatable bonds is 7. The van der Waals surface area contributed by atoms with E-state index in [4.69, 9.17) is 5.90 Å². The van der Waals surface area contributed by atoms with Crippen molar-refractivity contribution in [1.82, 2.24) is 0 Å². The molecule has 1 aliphatic carbocycles. The lowest BCUT2D eigenvalue weighted by molar-refractivity contribution is -0.211. The summed E-state index contributed by atoms with van der Waals surface area (Å²) in [7, 11) is -2.33. The van der Waals surface area contributed by atoms with Gasteiger partial charge in [-0.15, -0.1) is 0 Å². The quantitative estimate of drug-likeness (QED) is 0.0761. The van der Waals surface area contributed by atoms with E-state index >= 15 is 0 Å². The number of aryl methyl sites for hydroxylation is 2. The zero-order valence-corrected chi connectivity index (χ0v) is 29.6. The number of nitrogens with two attached hydrogens (primary N) is 1. The number of benzene rings is 4. The number of halogens is 2. The monoisotopic (exact) mass is 823 g/mol. The third-order valence-corrected chi connectivity index (χ3v) is 6.60. The van der Waals surface area contributed by atoms with Gasteiger partial charge >= 0.3 is 7.68 Å². The molecule has 0 spiro atoms. The molecule has 226 valence electrons. The van der Waals surface area contributed by atoms with Crippen LogP contribution in [-0.2, 0) is 25.3 Å². The molecule has 2 N–H and O–H groups in total. The van der Waals surface area contributed by atoms with Crippen LogP contribution in [0.3, 0.4) is 0 Å². The summed E-state index contributed by atoms with van der Waals surface area (Å²) in [6, 6.07) is 33.5. The highest BCUT2D eigenvalue weighted by Gasteiger charge is 2.14. The van der Waals surface area contributed by atoms with Gasteiger partial charge in [0.15, 0.2) is 12.1 Å². The van der Waals surface area contributed by atoms with Gasteiger partial charge in [0, 0.05) is 43.8 Å². The summed E-state index contributed by atoms with van der Waals surface area (Å²) in [5.41, 5.74) is 10.2. The molecule has 6 nitrogen and oxygen atoms in total. The molecule has 0 unspecified atom stereocenters. The smallest absolute Gasteiger partial charge is 0.342 e. The summed E-state index contributed by atoms with van der Waals surface area (Å²) in [5, 5.41) is 0. The minimum atomic E-state index is -2.33. The van der Waals surface area contributed by atoms with Crippen LogP contribution in [-0.4, -0.2) is 13.0 Å². The van der Waals surface area contributed by atoms with E-state index in [2.05, 4.69) is 157 Å². The van der Waals surface area contributed by atoms with Gasteiger partial charge in [0.1, 0.15) is 0 Å². The summed E-state index contributed by atoms with van der Waals surface area (Å²) >= 11 is 4.24. The van der Waals surface area contributed by atoms with Gasteiger partial charge in [-0.25, -0.2) is 9.13 Å². The van der Waals surface area contributed by atoms with Crippen LogP contribution in [0.15, 0.2) is 97.1 Å².